The minimum Gasteiger partial charge on any atom is -0.473 e. The highest BCUT2D eigenvalue weighted by molar-refractivity contribution is 7.89. The molecule has 8 heteroatoms. The molecule has 2 aromatic rings. The molecule has 1 atom stereocenters. The lowest BCUT2D eigenvalue weighted by Gasteiger charge is -2.31. The van der Waals surface area contributed by atoms with Gasteiger partial charge in [0.1, 0.15) is 16.8 Å². The van der Waals surface area contributed by atoms with Gasteiger partial charge in [-0.3, -0.25) is 4.98 Å². The quantitative estimate of drug-likeness (QED) is 0.840. The van der Waals surface area contributed by atoms with Crippen molar-refractivity contribution in [2.24, 2.45) is 0 Å². The van der Waals surface area contributed by atoms with Crippen LogP contribution < -0.4 is 4.74 Å². The molecule has 0 aromatic carbocycles. The standard InChI is InChI=1S/C15H18N4O3S/c1-12-17-8-6-15(18-12)22-13-4-3-9-19(11-13)23(20,21)14-5-2-7-16-10-14/h2,5-8,10,13H,3-4,9,11H2,1H3. The zero-order valence-corrected chi connectivity index (χ0v) is 13.6. The van der Waals surface area contributed by atoms with Crippen molar-refractivity contribution in [3.05, 3.63) is 42.6 Å². The summed E-state index contributed by atoms with van der Waals surface area (Å²) in [6, 6.07) is 4.86. The maximum Gasteiger partial charge on any atom is 0.244 e. The second kappa shape index (κ2) is 6.59. The predicted octanol–water partition coefficient (Wildman–Crippen LogP) is 1.41. The summed E-state index contributed by atoms with van der Waals surface area (Å²) in [5, 5.41) is 0. The molecule has 122 valence electrons. The zero-order valence-electron chi connectivity index (χ0n) is 12.8. The highest BCUT2D eigenvalue weighted by Crippen LogP contribution is 2.22. The van der Waals surface area contributed by atoms with Crippen molar-refractivity contribution >= 4 is 10.0 Å². The summed E-state index contributed by atoms with van der Waals surface area (Å²) < 4.78 is 32.6. The van der Waals surface area contributed by atoms with Crippen molar-refractivity contribution in [2.75, 3.05) is 13.1 Å². The third kappa shape index (κ3) is 3.65. The Labute approximate surface area is 135 Å². The molecular formula is C15H18N4O3S. The number of pyridine rings is 1. The first-order chi connectivity index (χ1) is 11.1. The summed E-state index contributed by atoms with van der Waals surface area (Å²) in [4.78, 5) is 12.3. The third-order valence-electron chi connectivity index (χ3n) is 3.65. The molecular weight excluding hydrogens is 316 g/mol. The van der Waals surface area contributed by atoms with Crippen LogP contribution in [-0.2, 0) is 10.0 Å². The summed E-state index contributed by atoms with van der Waals surface area (Å²) in [6.07, 6.45) is 5.87. The number of aryl methyl sites for hydroxylation is 1. The molecule has 0 bridgehead atoms. The van der Waals surface area contributed by atoms with Gasteiger partial charge in [0.25, 0.3) is 0 Å². The number of rotatable bonds is 4. The summed E-state index contributed by atoms with van der Waals surface area (Å²) in [7, 11) is -3.54. The Balaban J connectivity index is 1.73. The molecule has 7 nitrogen and oxygen atoms in total. The van der Waals surface area contributed by atoms with Gasteiger partial charge in [0.15, 0.2) is 0 Å². The van der Waals surface area contributed by atoms with Gasteiger partial charge in [0.05, 0.1) is 6.54 Å². The smallest absolute Gasteiger partial charge is 0.244 e. The molecule has 0 aliphatic carbocycles. The van der Waals surface area contributed by atoms with Gasteiger partial charge in [-0.15, -0.1) is 0 Å². The molecule has 0 saturated carbocycles. The second-order valence-electron chi connectivity index (χ2n) is 5.38. The van der Waals surface area contributed by atoms with Gasteiger partial charge in [-0.05, 0) is 31.9 Å². The van der Waals surface area contributed by atoms with E-state index in [1.54, 1.807) is 37.5 Å². The van der Waals surface area contributed by atoms with Crippen molar-refractivity contribution in [3.63, 3.8) is 0 Å². The predicted molar refractivity (Wildman–Crippen MR) is 83.4 cm³/mol. The molecule has 1 fully saturated rings. The van der Waals surface area contributed by atoms with Crippen molar-refractivity contribution < 1.29 is 13.2 Å². The van der Waals surface area contributed by atoms with Crippen molar-refractivity contribution in [3.8, 4) is 5.88 Å². The molecule has 0 radical (unpaired) electrons. The largest absolute Gasteiger partial charge is 0.473 e. The highest BCUT2D eigenvalue weighted by atomic mass is 32.2. The van der Waals surface area contributed by atoms with Gasteiger partial charge in [0.2, 0.25) is 15.9 Å². The number of piperidine rings is 1. The first kappa shape index (κ1) is 15.8. The van der Waals surface area contributed by atoms with E-state index in [4.69, 9.17) is 4.74 Å². The number of hydrogen-bond acceptors (Lipinski definition) is 6. The molecule has 0 N–H and O–H groups in total. The van der Waals surface area contributed by atoms with Gasteiger partial charge in [-0.25, -0.2) is 13.4 Å². The number of hydrogen-bond donors (Lipinski definition) is 0. The monoisotopic (exact) mass is 334 g/mol. The highest BCUT2D eigenvalue weighted by Gasteiger charge is 2.31. The van der Waals surface area contributed by atoms with E-state index in [-0.39, 0.29) is 11.0 Å². The average Bonchev–Trinajstić information content (AvgIpc) is 2.56. The molecule has 1 aliphatic rings. The van der Waals surface area contributed by atoms with Crippen molar-refractivity contribution in [2.45, 2.75) is 30.8 Å². The molecule has 0 spiro atoms. The van der Waals surface area contributed by atoms with Crippen molar-refractivity contribution in [1.29, 1.82) is 0 Å². The fraction of sp³-hybridized carbons (Fsp3) is 0.400. The maximum absolute atomic E-state index is 12.6. The van der Waals surface area contributed by atoms with Crippen LogP contribution in [0.2, 0.25) is 0 Å². The van der Waals surface area contributed by atoms with Crippen molar-refractivity contribution in [1.82, 2.24) is 19.3 Å². The minimum absolute atomic E-state index is 0.207. The van der Waals surface area contributed by atoms with Crippen LogP contribution in [-0.4, -0.2) is 46.9 Å². The van der Waals surface area contributed by atoms with Crippen LogP contribution in [0.4, 0.5) is 0 Å². The second-order valence-corrected chi connectivity index (χ2v) is 7.31. The topological polar surface area (TPSA) is 85.3 Å². The number of sulfonamides is 1. The Morgan fingerprint density at radius 3 is 2.91 bits per heavy atom. The van der Waals surface area contributed by atoms with Crippen LogP contribution in [0.25, 0.3) is 0 Å². The van der Waals surface area contributed by atoms with Crippen LogP contribution >= 0.6 is 0 Å². The number of nitrogens with zero attached hydrogens (tertiary/aromatic N) is 4. The lowest BCUT2D eigenvalue weighted by atomic mass is 10.1. The lowest BCUT2D eigenvalue weighted by Crippen LogP contribution is -2.44. The SMILES string of the molecule is Cc1nccc(OC2CCCN(S(=O)(=O)c3cccnc3)C2)n1. The molecule has 1 unspecified atom stereocenters. The fourth-order valence-electron chi connectivity index (χ4n) is 2.54. The summed E-state index contributed by atoms with van der Waals surface area (Å²) in [5.74, 6) is 1.10. The van der Waals surface area contributed by atoms with E-state index in [1.165, 1.54) is 10.5 Å². The number of aromatic nitrogens is 3. The van der Waals surface area contributed by atoms with E-state index in [0.717, 1.165) is 12.8 Å². The Kier molecular flexibility index (Phi) is 4.53. The van der Waals surface area contributed by atoms with Crippen LogP contribution in [0, 0.1) is 6.92 Å². The van der Waals surface area contributed by atoms with E-state index in [2.05, 4.69) is 15.0 Å². The van der Waals surface area contributed by atoms with Gasteiger partial charge >= 0.3 is 0 Å². The van der Waals surface area contributed by atoms with E-state index in [9.17, 15) is 8.42 Å². The third-order valence-corrected chi connectivity index (χ3v) is 5.50. The van der Waals surface area contributed by atoms with Crippen LogP contribution in [0.1, 0.15) is 18.7 Å². The molecule has 3 heterocycles. The van der Waals surface area contributed by atoms with Gasteiger partial charge in [-0.1, -0.05) is 0 Å². The Bertz CT molecular complexity index is 767. The fourth-order valence-corrected chi connectivity index (χ4v) is 4.01. The minimum atomic E-state index is -3.54. The number of ether oxygens (including phenoxy) is 1. The molecule has 2 aromatic heterocycles. The molecule has 3 rings (SSSR count). The molecule has 1 saturated heterocycles. The first-order valence-corrected chi connectivity index (χ1v) is 8.86. The lowest BCUT2D eigenvalue weighted by molar-refractivity contribution is 0.124. The summed E-state index contributed by atoms with van der Waals surface area (Å²) >= 11 is 0. The Morgan fingerprint density at radius 1 is 1.30 bits per heavy atom. The maximum atomic E-state index is 12.6. The Hall–Kier alpha value is -2.06. The van der Waals surface area contributed by atoms with E-state index < -0.39 is 10.0 Å². The summed E-state index contributed by atoms with van der Waals surface area (Å²) in [5.41, 5.74) is 0. The summed E-state index contributed by atoms with van der Waals surface area (Å²) in [6.45, 7) is 2.58. The molecule has 1 aliphatic heterocycles. The van der Waals surface area contributed by atoms with E-state index in [1.807, 2.05) is 0 Å². The Morgan fingerprint density at radius 2 is 2.17 bits per heavy atom. The van der Waals surface area contributed by atoms with Gasteiger partial charge in [-0.2, -0.15) is 9.29 Å². The van der Waals surface area contributed by atoms with Gasteiger partial charge in [0, 0.05) is 31.2 Å². The van der Waals surface area contributed by atoms with Gasteiger partial charge < -0.3 is 4.74 Å². The normalized spacial score (nSPS) is 19.4. The molecule has 23 heavy (non-hydrogen) atoms. The first-order valence-electron chi connectivity index (χ1n) is 7.42. The van der Waals surface area contributed by atoms with Crippen LogP contribution in [0.5, 0.6) is 5.88 Å². The average molecular weight is 334 g/mol. The molecule has 0 amide bonds. The van der Waals surface area contributed by atoms with E-state index in [0.29, 0.717) is 24.8 Å². The zero-order chi connectivity index (χ0) is 16.3. The van der Waals surface area contributed by atoms with Crippen LogP contribution in [0.15, 0.2) is 41.7 Å². The van der Waals surface area contributed by atoms with Crippen LogP contribution in [0.3, 0.4) is 0 Å². The van der Waals surface area contributed by atoms with E-state index >= 15 is 0 Å².